The SMILES string of the molecule is C=CCOCCc1ccc(/N=N/c2ccc(CCOCC=C)cc2)cc1. The Morgan fingerprint density at radius 1 is 0.654 bits per heavy atom. The van der Waals surface area contributed by atoms with E-state index in [1.54, 1.807) is 12.2 Å². The van der Waals surface area contributed by atoms with Crippen LogP contribution in [0.4, 0.5) is 11.4 Å². The second-order valence-electron chi connectivity index (χ2n) is 5.76. The van der Waals surface area contributed by atoms with E-state index in [2.05, 4.69) is 47.7 Å². The van der Waals surface area contributed by atoms with E-state index in [1.807, 2.05) is 24.3 Å². The zero-order valence-electron chi connectivity index (χ0n) is 15.1. The summed E-state index contributed by atoms with van der Waals surface area (Å²) < 4.78 is 10.8. The third-order valence-electron chi connectivity index (χ3n) is 3.70. The molecule has 0 amide bonds. The van der Waals surface area contributed by atoms with Gasteiger partial charge in [-0.2, -0.15) is 10.2 Å². The van der Waals surface area contributed by atoms with Crippen LogP contribution in [0.2, 0.25) is 0 Å². The standard InChI is InChI=1S/C22H26N2O2/c1-3-15-25-17-13-19-5-9-21(10-6-19)23-24-22-11-7-20(8-12-22)14-18-26-16-4-2/h3-12H,1-2,13-18H2/b24-23+. The molecular formula is C22H26N2O2. The fourth-order valence-electron chi connectivity index (χ4n) is 2.29. The van der Waals surface area contributed by atoms with Crippen LogP contribution in [0.25, 0.3) is 0 Å². The molecule has 0 aliphatic carbocycles. The number of rotatable bonds is 12. The van der Waals surface area contributed by atoms with Gasteiger partial charge in [-0.25, -0.2) is 0 Å². The molecule has 0 unspecified atom stereocenters. The maximum absolute atomic E-state index is 5.40. The van der Waals surface area contributed by atoms with Crippen molar-refractivity contribution in [1.29, 1.82) is 0 Å². The van der Waals surface area contributed by atoms with E-state index in [4.69, 9.17) is 9.47 Å². The maximum Gasteiger partial charge on any atom is 0.0857 e. The van der Waals surface area contributed by atoms with Gasteiger partial charge in [0.15, 0.2) is 0 Å². The van der Waals surface area contributed by atoms with Crippen molar-refractivity contribution >= 4 is 11.4 Å². The van der Waals surface area contributed by atoms with Gasteiger partial charge in [0.1, 0.15) is 0 Å². The molecule has 4 nitrogen and oxygen atoms in total. The van der Waals surface area contributed by atoms with Crippen molar-refractivity contribution in [2.45, 2.75) is 12.8 Å². The summed E-state index contributed by atoms with van der Waals surface area (Å²) in [5.74, 6) is 0. The average molecular weight is 350 g/mol. The summed E-state index contributed by atoms with van der Waals surface area (Å²) in [7, 11) is 0. The molecule has 0 aliphatic rings. The van der Waals surface area contributed by atoms with Crippen LogP contribution in [0, 0.1) is 0 Å². The molecule has 0 heterocycles. The Morgan fingerprint density at radius 2 is 1.04 bits per heavy atom. The van der Waals surface area contributed by atoms with Crippen molar-refractivity contribution in [3.05, 3.63) is 85.0 Å². The average Bonchev–Trinajstić information content (AvgIpc) is 2.69. The molecule has 0 N–H and O–H groups in total. The zero-order chi connectivity index (χ0) is 18.5. The lowest BCUT2D eigenvalue weighted by Crippen LogP contribution is -1.97. The first-order valence-electron chi connectivity index (χ1n) is 8.78. The molecule has 0 aliphatic heterocycles. The summed E-state index contributed by atoms with van der Waals surface area (Å²) in [6.45, 7) is 9.83. The highest BCUT2D eigenvalue weighted by Gasteiger charge is 1.97. The van der Waals surface area contributed by atoms with Gasteiger partial charge in [0.2, 0.25) is 0 Å². The number of azo groups is 1. The third-order valence-corrected chi connectivity index (χ3v) is 3.70. The Balaban J connectivity index is 1.81. The minimum absolute atomic E-state index is 0.590. The van der Waals surface area contributed by atoms with E-state index in [-0.39, 0.29) is 0 Å². The van der Waals surface area contributed by atoms with Crippen LogP contribution in [0.15, 0.2) is 84.1 Å². The fraction of sp³-hybridized carbons (Fsp3) is 0.273. The summed E-state index contributed by atoms with van der Waals surface area (Å²) in [6.07, 6.45) is 5.27. The molecule has 2 rings (SSSR count). The molecule has 0 atom stereocenters. The van der Waals surface area contributed by atoms with Crippen LogP contribution in [0.3, 0.4) is 0 Å². The smallest absolute Gasteiger partial charge is 0.0857 e. The van der Waals surface area contributed by atoms with E-state index >= 15 is 0 Å². The van der Waals surface area contributed by atoms with Crippen molar-refractivity contribution in [2.24, 2.45) is 10.2 Å². The summed E-state index contributed by atoms with van der Waals surface area (Å²) in [5, 5.41) is 8.58. The lowest BCUT2D eigenvalue weighted by molar-refractivity contribution is 0.166. The van der Waals surface area contributed by atoms with Gasteiger partial charge in [0.25, 0.3) is 0 Å². The molecular weight excluding hydrogens is 324 g/mol. The largest absolute Gasteiger partial charge is 0.377 e. The number of hydrogen-bond donors (Lipinski definition) is 0. The Labute approximate surface area is 155 Å². The molecule has 2 aromatic rings. The van der Waals surface area contributed by atoms with Gasteiger partial charge in [-0.15, -0.1) is 13.2 Å². The second kappa shape index (κ2) is 11.9. The Morgan fingerprint density at radius 3 is 1.38 bits per heavy atom. The van der Waals surface area contributed by atoms with Gasteiger partial charge >= 0.3 is 0 Å². The topological polar surface area (TPSA) is 43.2 Å². The lowest BCUT2D eigenvalue weighted by Gasteiger charge is -2.03. The summed E-state index contributed by atoms with van der Waals surface area (Å²) in [5.41, 5.74) is 4.11. The second-order valence-corrected chi connectivity index (χ2v) is 5.76. The number of benzene rings is 2. The van der Waals surface area contributed by atoms with Crippen molar-refractivity contribution in [3.8, 4) is 0 Å². The molecule has 0 aromatic heterocycles. The number of hydrogen-bond acceptors (Lipinski definition) is 4. The monoisotopic (exact) mass is 350 g/mol. The summed E-state index contributed by atoms with van der Waals surface area (Å²) in [4.78, 5) is 0. The minimum atomic E-state index is 0.590. The first kappa shape index (κ1) is 19.8. The van der Waals surface area contributed by atoms with Gasteiger partial charge < -0.3 is 9.47 Å². The highest BCUT2D eigenvalue weighted by atomic mass is 16.5. The van der Waals surface area contributed by atoms with E-state index in [0.717, 1.165) is 24.2 Å². The van der Waals surface area contributed by atoms with Crippen molar-refractivity contribution in [3.63, 3.8) is 0 Å². The first-order valence-corrected chi connectivity index (χ1v) is 8.78. The van der Waals surface area contributed by atoms with Gasteiger partial charge in [-0.3, -0.25) is 0 Å². The third kappa shape index (κ3) is 7.55. The van der Waals surface area contributed by atoms with E-state index in [0.29, 0.717) is 26.4 Å². The highest BCUT2D eigenvalue weighted by molar-refractivity contribution is 5.42. The van der Waals surface area contributed by atoms with Gasteiger partial charge in [-0.1, -0.05) is 36.4 Å². The summed E-state index contributed by atoms with van der Waals surface area (Å²) >= 11 is 0. The van der Waals surface area contributed by atoms with Crippen LogP contribution in [0.5, 0.6) is 0 Å². The van der Waals surface area contributed by atoms with Gasteiger partial charge in [0.05, 0.1) is 37.8 Å². The molecule has 2 aromatic carbocycles. The summed E-state index contributed by atoms with van der Waals surface area (Å²) in [6, 6.07) is 16.1. The van der Waals surface area contributed by atoms with Crippen molar-refractivity contribution < 1.29 is 9.47 Å². The van der Waals surface area contributed by atoms with Gasteiger partial charge in [-0.05, 0) is 48.2 Å². The fourth-order valence-corrected chi connectivity index (χ4v) is 2.29. The number of ether oxygens (including phenoxy) is 2. The maximum atomic E-state index is 5.40. The van der Waals surface area contributed by atoms with Crippen LogP contribution in [-0.4, -0.2) is 26.4 Å². The molecule has 0 fully saturated rings. The van der Waals surface area contributed by atoms with E-state index in [9.17, 15) is 0 Å². The van der Waals surface area contributed by atoms with Crippen LogP contribution in [0.1, 0.15) is 11.1 Å². The van der Waals surface area contributed by atoms with Crippen LogP contribution in [-0.2, 0) is 22.3 Å². The highest BCUT2D eigenvalue weighted by Crippen LogP contribution is 2.19. The molecule has 4 heteroatoms. The predicted molar refractivity (Wildman–Crippen MR) is 107 cm³/mol. The lowest BCUT2D eigenvalue weighted by atomic mass is 10.1. The molecule has 0 saturated heterocycles. The molecule has 0 radical (unpaired) electrons. The Bertz CT molecular complexity index is 630. The van der Waals surface area contributed by atoms with E-state index < -0.39 is 0 Å². The van der Waals surface area contributed by atoms with Gasteiger partial charge in [0, 0.05) is 0 Å². The van der Waals surface area contributed by atoms with Crippen molar-refractivity contribution in [2.75, 3.05) is 26.4 Å². The minimum Gasteiger partial charge on any atom is -0.377 e. The van der Waals surface area contributed by atoms with E-state index in [1.165, 1.54) is 11.1 Å². The molecule has 0 spiro atoms. The molecule has 0 bridgehead atoms. The normalized spacial score (nSPS) is 10.9. The molecule has 0 saturated carbocycles. The van der Waals surface area contributed by atoms with Crippen LogP contribution < -0.4 is 0 Å². The quantitative estimate of drug-likeness (QED) is 0.284. The zero-order valence-corrected chi connectivity index (χ0v) is 15.1. The number of nitrogens with zero attached hydrogens (tertiary/aromatic N) is 2. The Hall–Kier alpha value is -2.56. The van der Waals surface area contributed by atoms with Crippen molar-refractivity contribution in [1.82, 2.24) is 0 Å². The molecule has 136 valence electrons. The first-order chi connectivity index (χ1) is 12.8. The predicted octanol–water partition coefficient (Wildman–Crippen LogP) is 5.59. The molecule has 26 heavy (non-hydrogen) atoms. The Kier molecular flexibility index (Phi) is 9.05. The van der Waals surface area contributed by atoms with Crippen LogP contribution >= 0.6 is 0 Å².